The minimum Gasteiger partial charge on any atom is -0.256 e. The molecule has 0 saturated carbocycles. The van der Waals surface area contributed by atoms with Crippen LogP contribution < -0.4 is 5.69 Å². The van der Waals surface area contributed by atoms with E-state index in [0.29, 0.717) is 5.65 Å². The van der Waals surface area contributed by atoms with Gasteiger partial charge in [0.2, 0.25) is 0 Å². The highest BCUT2D eigenvalue weighted by Gasteiger charge is 2.03. The molecule has 0 aromatic carbocycles. The molecule has 0 radical (unpaired) electrons. The van der Waals surface area contributed by atoms with Gasteiger partial charge in [-0.25, -0.2) is 14.3 Å². The second-order valence-electron chi connectivity index (χ2n) is 2.97. The molecule has 7 heteroatoms. The number of hydrogen-bond acceptors (Lipinski definition) is 3. The van der Waals surface area contributed by atoms with E-state index < -0.39 is 0 Å². The van der Waals surface area contributed by atoms with Gasteiger partial charge in [0.25, 0.3) is 0 Å². The highest BCUT2D eigenvalue weighted by molar-refractivity contribution is 5.90. The molecule has 0 aliphatic rings. The van der Waals surface area contributed by atoms with E-state index >= 15 is 0 Å². The Bertz CT molecular complexity index is 676. The number of H-pyrrole nitrogens is 1. The summed E-state index contributed by atoms with van der Waals surface area (Å²) in [6, 6.07) is 5.50. The van der Waals surface area contributed by atoms with Crippen LogP contribution in [0.2, 0.25) is 0 Å². The predicted octanol–water partition coefficient (Wildman–Crippen LogP) is 1.41. The number of aromatic amines is 1. The van der Waals surface area contributed by atoms with Crippen LogP contribution in [-0.4, -0.2) is 19.6 Å². The first-order valence-electron chi connectivity index (χ1n) is 4.17. The summed E-state index contributed by atoms with van der Waals surface area (Å²) >= 11 is 0. The van der Waals surface area contributed by atoms with E-state index in [-0.39, 0.29) is 30.5 Å². The van der Waals surface area contributed by atoms with E-state index in [2.05, 4.69) is 15.2 Å². The van der Waals surface area contributed by atoms with Crippen molar-refractivity contribution in [2.45, 2.75) is 0 Å². The quantitative estimate of drug-likeness (QED) is 0.664. The molecule has 0 unspecified atom stereocenters. The zero-order valence-corrected chi connectivity index (χ0v) is 9.59. The molecule has 0 bridgehead atoms. The molecule has 84 valence electrons. The molecule has 1 N–H and O–H groups in total. The number of nitrogens with one attached hydrogen (secondary N) is 1. The van der Waals surface area contributed by atoms with Crippen LogP contribution in [0.1, 0.15) is 0 Å². The summed E-state index contributed by atoms with van der Waals surface area (Å²) in [5.41, 5.74) is 1.21. The second-order valence-corrected chi connectivity index (χ2v) is 2.97. The van der Waals surface area contributed by atoms with Gasteiger partial charge in [-0.2, -0.15) is 5.10 Å². The molecular weight excluding hydrogens is 251 g/mol. The van der Waals surface area contributed by atoms with Crippen LogP contribution in [0.3, 0.4) is 0 Å². The van der Waals surface area contributed by atoms with Gasteiger partial charge in [-0.15, -0.1) is 24.8 Å². The fourth-order valence-corrected chi connectivity index (χ4v) is 1.52. The summed E-state index contributed by atoms with van der Waals surface area (Å²) in [5.74, 6) is 0. The molecule has 0 amide bonds. The highest BCUT2D eigenvalue weighted by atomic mass is 35.5. The number of aromatic nitrogens is 4. The van der Waals surface area contributed by atoms with Gasteiger partial charge in [0.1, 0.15) is 0 Å². The fraction of sp³-hybridized carbons (Fsp3) is 0. The number of halogens is 2. The first kappa shape index (κ1) is 12.5. The third-order valence-corrected chi connectivity index (χ3v) is 2.17. The lowest BCUT2D eigenvalue weighted by Gasteiger charge is -1.96. The van der Waals surface area contributed by atoms with Crippen molar-refractivity contribution in [3.05, 3.63) is 41.1 Å². The summed E-state index contributed by atoms with van der Waals surface area (Å²) in [6.45, 7) is 0. The Kier molecular flexibility index (Phi) is 3.51. The maximum atomic E-state index is 11.2. The molecule has 3 aromatic heterocycles. The number of hydrogen-bond donors (Lipinski definition) is 1. The van der Waals surface area contributed by atoms with E-state index in [9.17, 15) is 4.79 Å². The van der Waals surface area contributed by atoms with Crippen LogP contribution in [0.4, 0.5) is 0 Å². The van der Waals surface area contributed by atoms with Crippen molar-refractivity contribution in [2.75, 3.05) is 0 Å². The van der Waals surface area contributed by atoms with Crippen molar-refractivity contribution in [3.8, 4) is 0 Å². The summed E-state index contributed by atoms with van der Waals surface area (Å²) in [6.07, 6.45) is 3.38. The van der Waals surface area contributed by atoms with Crippen molar-refractivity contribution in [1.82, 2.24) is 19.6 Å². The summed E-state index contributed by atoms with van der Waals surface area (Å²) in [7, 11) is 0. The molecule has 0 atom stereocenters. The Hall–Kier alpha value is -1.59. The Balaban J connectivity index is 0.000000640. The highest BCUT2D eigenvalue weighted by Crippen LogP contribution is 2.13. The molecular formula is C9H8Cl2N4O. The smallest absolute Gasteiger partial charge is 0.256 e. The molecule has 0 aliphatic carbocycles. The van der Waals surface area contributed by atoms with Crippen LogP contribution in [0, 0.1) is 0 Å². The normalized spacial score (nSPS) is 9.75. The predicted molar refractivity (Wildman–Crippen MR) is 65.6 cm³/mol. The van der Waals surface area contributed by atoms with Gasteiger partial charge in [0.15, 0.2) is 5.65 Å². The average Bonchev–Trinajstić information content (AvgIpc) is 2.61. The second kappa shape index (κ2) is 4.51. The summed E-state index contributed by atoms with van der Waals surface area (Å²) < 4.78 is 1.46. The number of nitrogens with zero attached hydrogens (tertiary/aromatic N) is 3. The lowest BCUT2D eigenvalue weighted by molar-refractivity contribution is 1.02. The Morgan fingerprint density at radius 1 is 1.25 bits per heavy atom. The molecule has 0 saturated heterocycles. The first-order valence-corrected chi connectivity index (χ1v) is 4.17. The molecule has 3 aromatic rings. The Morgan fingerprint density at radius 3 is 2.88 bits per heavy atom. The van der Waals surface area contributed by atoms with Crippen LogP contribution in [0.5, 0.6) is 0 Å². The van der Waals surface area contributed by atoms with Gasteiger partial charge >= 0.3 is 5.69 Å². The van der Waals surface area contributed by atoms with Crippen LogP contribution in [0.15, 0.2) is 35.4 Å². The third-order valence-electron chi connectivity index (χ3n) is 2.17. The monoisotopic (exact) mass is 258 g/mol. The molecule has 5 nitrogen and oxygen atoms in total. The summed E-state index contributed by atoms with van der Waals surface area (Å²) in [4.78, 5) is 15.4. The molecule has 0 aliphatic heterocycles. The van der Waals surface area contributed by atoms with Gasteiger partial charge in [0.05, 0.1) is 5.52 Å². The Morgan fingerprint density at radius 2 is 2.06 bits per heavy atom. The molecule has 0 fully saturated rings. The summed E-state index contributed by atoms with van der Waals surface area (Å²) in [5, 5.41) is 7.20. The zero-order chi connectivity index (χ0) is 9.54. The van der Waals surface area contributed by atoms with E-state index in [1.54, 1.807) is 18.5 Å². The van der Waals surface area contributed by atoms with Crippen LogP contribution in [-0.2, 0) is 0 Å². The molecule has 16 heavy (non-hydrogen) atoms. The largest absolute Gasteiger partial charge is 0.347 e. The van der Waals surface area contributed by atoms with Gasteiger partial charge in [-0.05, 0) is 18.2 Å². The van der Waals surface area contributed by atoms with Crippen molar-refractivity contribution in [1.29, 1.82) is 0 Å². The molecule has 3 rings (SSSR count). The maximum Gasteiger partial charge on any atom is 0.347 e. The van der Waals surface area contributed by atoms with Crippen LogP contribution >= 0.6 is 24.8 Å². The molecule has 0 spiro atoms. The average molecular weight is 259 g/mol. The van der Waals surface area contributed by atoms with Gasteiger partial charge in [-0.1, -0.05) is 0 Å². The van der Waals surface area contributed by atoms with Gasteiger partial charge < -0.3 is 0 Å². The van der Waals surface area contributed by atoms with Crippen molar-refractivity contribution < 1.29 is 0 Å². The van der Waals surface area contributed by atoms with E-state index in [4.69, 9.17) is 0 Å². The lowest BCUT2D eigenvalue weighted by atomic mass is 10.2. The van der Waals surface area contributed by atoms with E-state index in [1.807, 2.05) is 12.1 Å². The minimum absolute atomic E-state index is 0. The minimum atomic E-state index is -0.231. The topological polar surface area (TPSA) is 63.0 Å². The van der Waals surface area contributed by atoms with Gasteiger partial charge in [-0.3, -0.25) is 4.98 Å². The lowest BCUT2D eigenvalue weighted by Crippen LogP contribution is -2.08. The maximum absolute atomic E-state index is 11.2. The zero-order valence-electron chi connectivity index (χ0n) is 7.95. The number of fused-ring (bicyclic) bond motifs is 3. The molecule has 3 heterocycles. The van der Waals surface area contributed by atoms with Crippen molar-refractivity contribution >= 4 is 41.4 Å². The SMILES string of the molecule is Cl.Cl.O=c1[nH]nc2c3cccnc3ccn12. The van der Waals surface area contributed by atoms with E-state index in [1.165, 1.54) is 4.40 Å². The van der Waals surface area contributed by atoms with Crippen LogP contribution in [0.25, 0.3) is 16.6 Å². The van der Waals surface area contributed by atoms with E-state index in [0.717, 1.165) is 10.9 Å². The van der Waals surface area contributed by atoms with Gasteiger partial charge in [0, 0.05) is 17.8 Å². The number of rotatable bonds is 0. The van der Waals surface area contributed by atoms with Crippen molar-refractivity contribution in [3.63, 3.8) is 0 Å². The Labute approximate surface area is 102 Å². The third kappa shape index (κ3) is 1.64. The fourth-order valence-electron chi connectivity index (χ4n) is 1.52. The number of pyridine rings is 2. The van der Waals surface area contributed by atoms with Crippen molar-refractivity contribution in [2.24, 2.45) is 0 Å². The standard InChI is InChI=1S/C9H6N4O.2ClH/c14-9-12-11-8-6-2-1-4-10-7(6)3-5-13(8)9;;/h1-5H,(H,12,14);2*1H. The first-order chi connectivity index (χ1) is 6.86.